The van der Waals surface area contributed by atoms with Crippen molar-refractivity contribution in [1.29, 1.82) is 0 Å². The summed E-state index contributed by atoms with van der Waals surface area (Å²) >= 11 is 1.48. The van der Waals surface area contributed by atoms with Gasteiger partial charge >= 0.3 is 0 Å². The number of carbonyl (C=O) groups excluding carboxylic acids is 1. The Balaban J connectivity index is 1.61. The molecule has 7 heteroatoms. The number of aromatic nitrogens is 4. The first-order valence-electron chi connectivity index (χ1n) is 9.99. The molecule has 3 heterocycles. The molecular formula is C24H21N5OS. The Labute approximate surface area is 183 Å². The molecule has 0 atom stereocenters. The van der Waals surface area contributed by atoms with Crippen molar-refractivity contribution in [1.82, 2.24) is 19.7 Å². The molecule has 5 rings (SSSR count). The van der Waals surface area contributed by atoms with Crippen molar-refractivity contribution in [3.8, 4) is 11.3 Å². The van der Waals surface area contributed by atoms with E-state index < -0.39 is 0 Å². The van der Waals surface area contributed by atoms with Gasteiger partial charge in [0.05, 0.1) is 32.7 Å². The number of nitrogens with zero attached hydrogens (tertiary/aromatic N) is 4. The molecule has 5 aromatic rings. The molecule has 0 spiro atoms. The summed E-state index contributed by atoms with van der Waals surface area (Å²) in [5, 5.41) is 8.89. The smallest absolute Gasteiger partial charge is 0.258 e. The third-order valence-electron chi connectivity index (χ3n) is 5.49. The number of para-hydroxylation sites is 1. The highest BCUT2D eigenvalue weighted by Gasteiger charge is 2.19. The fourth-order valence-corrected chi connectivity index (χ4v) is 4.84. The van der Waals surface area contributed by atoms with E-state index in [9.17, 15) is 4.79 Å². The lowest BCUT2D eigenvalue weighted by molar-refractivity contribution is 0.102. The monoisotopic (exact) mass is 427 g/mol. The van der Waals surface area contributed by atoms with Crippen molar-refractivity contribution in [3.63, 3.8) is 0 Å². The Morgan fingerprint density at radius 3 is 2.58 bits per heavy atom. The summed E-state index contributed by atoms with van der Waals surface area (Å²) < 4.78 is 2.89. The summed E-state index contributed by atoms with van der Waals surface area (Å²) in [7, 11) is 1.91. The molecule has 0 unspecified atom stereocenters. The Morgan fingerprint density at radius 2 is 1.81 bits per heavy atom. The molecule has 0 fully saturated rings. The molecule has 0 aliphatic carbocycles. The van der Waals surface area contributed by atoms with Gasteiger partial charge in [-0.1, -0.05) is 35.6 Å². The van der Waals surface area contributed by atoms with Crippen LogP contribution in [0.15, 0.2) is 48.5 Å². The van der Waals surface area contributed by atoms with Crippen LogP contribution in [0.5, 0.6) is 0 Å². The van der Waals surface area contributed by atoms with E-state index in [4.69, 9.17) is 4.98 Å². The van der Waals surface area contributed by atoms with Crippen LogP contribution in [0, 0.1) is 20.8 Å². The van der Waals surface area contributed by atoms with Crippen LogP contribution < -0.4 is 5.32 Å². The molecule has 0 bridgehead atoms. The minimum Gasteiger partial charge on any atom is -0.298 e. The molecule has 0 aliphatic rings. The molecule has 2 aromatic carbocycles. The number of benzene rings is 2. The maximum Gasteiger partial charge on any atom is 0.258 e. The highest BCUT2D eigenvalue weighted by atomic mass is 32.1. The van der Waals surface area contributed by atoms with Crippen LogP contribution in [0.4, 0.5) is 5.13 Å². The number of pyridine rings is 1. The van der Waals surface area contributed by atoms with E-state index >= 15 is 0 Å². The van der Waals surface area contributed by atoms with E-state index in [0.29, 0.717) is 10.7 Å². The normalized spacial score (nSPS) is 11.4. The van der Waals surface area contributed by atoms with Crippen molar-refractivity contribution in [2.75, 3.05) is 5.32 Å². The lowest BCUT2D eigenvalue weighted by atomic mass is 10.0. The van der Waals surface area contributed by atoms with Gasteiger partial charge in [0.1, 0.15) is 0 Å². The van der Waals surface area contributed by atoms with Crippen LogP contribution in [0.3, 0.4) is 0 Å². The predicted octanol–water partition coefficient (Wildman–Crippen LogP) is 5.42. The third-order valence-corrected chi connectivity index (χ3v) is 6.42. The Hall–Kier alpha value is -3.58. The number of amides is 1. The average Bonchev–Trinajstić information content (AvgIpc) is 3.25. The SMILES string of the molecule is Cc1ccc2nc(NC(=O)c3cc(-c4c(C)nn(C)c4C)nc4ccccc34)sc2c1. The number of hydrogen-bond acceptors (Lipinski definition) is 5. The predicted molar refractivity (Wildman–Crippen MR) is 126 cm³/mol. The molecule has 1 N–H and O–H groups in total. The molecule has 31 heavy (non-hydrogen) atoms. The molecule has 0 aliphatic heterocycles. The Morgan fingerprint density at radius 1 is 1.00 bits per heavy atom. The summed E-state index contributed by atoms with van der Waals surface area (Å²) in [6.07, 6.45) is 0. The van der Waals surface area contributed by atoms with Gasteiger partial charge in [0, 0.05) is 23.7 Å². The molecule has 0 radical (unpaired) electrons. The van der Waals surface area contributed by atoms with Crippen LogP contribution >= 0.6 is 11.3 Å². The van der Waals surface area contributed by atoms with Gasteiger partial charge in [-0.05, 0) is 50.6 Å². The van der Waals surface area contributed by atoms with Gasteiger partial charge in [0.25, 0.3) is 5.91 Å². The quantitative estimate of drug-likeness (QED) is 0.417. The van der Waals surface area contributed by atoms with Gasteiger partial charge in [0.2, 0.25) is 0 Å². The highest BCUT2D eigenvalue weighted by Crippen LogP contribution is 2.31. The van der Waals surface area contributed by atoms with Gasteiger partial charge in [0.15, 0.2) is 5.13 Å². The van der Waals surface area contributed by atoms with Crippen molar-refractivity contribution in [2.45, 2.75) is 20.8 Å². The summed E-state index contributed by atoms with van der Waals surface area (Å²) in [5.74, 6) is -0.199. The number of nitrogens with one attached hydrogen (secondary N) is 1. The van der Waals surface area contributed by atoms with Crippen molar-refractivity contribution in [3.05, 3.63) is 71.0 Å². The Bertz CT molecular complexity index is 1480. The summed E-state index contributed by atoms with van der Waals surface area (Å²) in [5.41, 5.74) is 6.98. The number of anilines is 1. The molecule has 3 aromatic heterocycles. The van der Waals surface area contributed by atoms with Crippen molar-refractivity contribution < 1.29 is 4.79 Å². The van der Waals surface area contributed by atoms with Crippen LogP contribution in [0.25, 0.3) is 32.4 Å². The maximum absolute atomic E-state index is 13.3. The van der Waals surface area contributed by atoms with Gasteiger partial charge in [-0.2, -0.15) is 5.10 Å². The van der Waals surface area contributed by atoms with E-state index in [0.717, 1.165) is 43.8 Å². The van der Waals surface area contributed by atoms with Gasteiger partial charge in [-0.25, -0.2) is 9.97 Å². The molecule has 1 amide bonds. The van der Waals surface area contributed by atoms with Gasteiger partial charge in [-0.15, -0.1) is 0 Å². The van der Waals surface area contributed by atoms with E-state index in [2.05, 4.69) is 21.5 Å². The fourth-order valence-electron chi connectivity index (χ4n) is 3.89. The number of thiazole rings is 1. The first kappa shape index (κ1) is 19.4. The summed E-state index contributed by atoms with van der Waals surface area (Å²) in [4.78, 5) is 22.7. The lowest BCUT2D eigenvalue weighted by Crippen LogP contribution is -2.13. The van der Waals surface area contributed by atoms with Crippen LogP contribution in [0.2, 0.25) is 0 Å². The summed E-state index contributed by atoms with van der Waals surface area (Å²) in [6, 6.07) is 15.6. The first-order chi connectivity index (χ1) is 14.9. The zero-order chi connectivity index (χ0) is 21.7. The van der Waals surface area contributed by atoms with Crippen LogP contribution in [0.1, 0.15) is 27.3 Å². The minimum atomic E-state index is -0.199. The minimum absolute atomic E-state index is 0.199. The molecule has 6 nitrogen and oxygen atoms in total. The number of rotatable bonds is 3. The molecular weight excluding hydrogens is 406 g/mol. The second kappa shape index (κ2) is 7.28. The number of fused-ring (bicyclic) bond motifs is 2. The standard InChI is InChI=1S/C24H21N5OS/c1-13-9-10-19-21(11-13)31-24(26-19)27-23(30)17-12-20(22-14(2)28-29(4)15(22)3)25-18-8-6-5-7-16(17)18/h5-12H,1-4H3,(H,26,27,30). The largest absolute Gasteiger partial charge is 0.298 e. The number of aryl methyl sites for hydroxylation is 3. The van der Waals surface area contributed by atoms with E-state index in [1.165, 1.54) is 16.9 Å². The fraction of sp³-hybridized carbons (Fsp3) is 0.167. The number of hydrogen-bond donors (Lipinski definition) is 1. The topological polar surface area (TPSA) is 72.7 Å². The third kappa shape index (κ3) is 3.37. The Kier molecular flexibility index (Phi) is 4.55. The zero-order valence-electron chi connectivity index (χ0n) is 17.7. The van der Waals surface area contributed by atoms with Crippen molar-refractivity contribution in [2.24, 2.45) is 7.05 Å². The highest BCUT2D eigenvalue weighted by molar-refractivity contribution is 7.22. The van der Waals surface area contributed by atoms with E-state index in [-0.39, 0.29) is 5.91 Å². The van der Waals surface area contributed by atoms with Gasteiger partial charge in [-0.3, -0.25) is 14.8 Å². The number of carbonyl (C=O) groups is 1. The van der Waals surface area contributed by atoms with Crippen molar-refractivity contribution >= 4 is 43.5 Å². The lowest BCUT2D eigenvalue weighted by Gasteiger charge is -2.10. The van der Waals surface area contributed by atoms with Crippen LogP contribution in [-0.2, 0) is 7.05 Å². The zero-order valence-corrected chi connectivity index (χ0v) is 18.5. The maximum atomic E-state index is 13.3. The second-order valence-electron chi connectivity index (χ2n) is 7.69. The van der Waals surface area contributed by atoms with E-state index in [1.54, 1.807) is 0 Å². The van der Waals surface area contributed by atoms with E-state index in [1.807, 2.05) is 75.0 Å². The molecule has 0 saturated heterocycles. The second-order valence-corrected chi connectivity index (χ2v) is 8.72. The molecule has 0 saturated carbocycles. The molecule has 154 valence electrons. The average molecular weight is 428 g/mol. The van der Waals surface area contributed by atoms with Gasteiger partial charge < -0.3 is 0 Å². The summed E-state index contributed by atoms with van der Waals surface area (Å²) in [6.45, 7) is 6.02. The van der Waals surface area contributed by atoms with Crippen LogP contribution in [-0.4, -0.2) is 25.7 Å². The first-order valence-corrected chi connectivity index (χ1v) is 10.8.